The summed E-state index contributed by atoms with van der Waals surface area (Å²) >= 11 is 0. The Balaban J connectivity index is 2.82. The van der Waals surface area contributed by atoms with Gasteiger partial charge in [-0.3, -0.25) is 4.68 Å². The highest BCUT2D eigenvalue weighted by Gasteiger charge is 2.15. The van der Waals surface area contributed by atoms with Gasteiger partial charge in [-0.15, -0.1) is 0 Å². The molecule has 0 aliphatic carbocycles. The normalized spacial score (nSPS) is 12.9. The molecule has 1 aromatic rings. The van der Waals surface area contributed by atoms with Crippen LogP contribution < -0.4 is 5.32 Å². The van der Waals surface area contributed by atoms with Gasteiger partial charge in [0.1, 0.15) is 9.84 Å². The molecule has 0 unspecified atom stereocenters. The molecule has 1 aromatic heterocycles. The van der Waals surface area contributed by atoms with Crippen LogP contribution in [0.1, 0.15) is 37.7 Å². The first-order chi connectivity index (χ1) is 8.49. The quantitative estimate of drug-likeness (QED) is 0.890. The number of aryl methyl sites for hydroxylation is 2. The molecule has 0 bridgehead atoms. The van der Waals surface area contributed by atoms with Gasteiger partial charge in [0.2, 0.25) is 0 Å². The van der Waals surface area contributed by atoms with Crippen molar-refractivity contribution in [3.8, 4) is 0 Å². The number of nitrogens with zero attached hydrogens (tertiary/aromatic N) is 2. The number of nitrogens with one attached hydrogen (secondary N) is 1. The predicted octanol–water partition coefficient (Wildman–Crippen LogP) is 1.43. The third kappa shape index (κ3) is 5.32. The highest BCUT2D eigenvalue weighted by molar-refractivity contribution is 7.90. The lowest BCUT2D eigenvalue weighted by atomic mass is 10.1. The summed E-state index contributed by atoms with van der Waals surface area (Å²) in [6, 6.07) is 0. The van der Waals surface area contributed by atoms with Crippen molar-refractivity contribution in [2.45, 2.75) is 53.2 Å². The van der Waals surface area contributed by atoms with Gasteiger partial charge in [-0.25, -0.2) is 8.42 Å². The Morgan fingerprint density at radius 1 is 1.26 bits per heavy atom. The minimum absolute atomic E-state index is 0.0493. The molecule has 1 rings (SSSR count). The van der Waals surface area contributed by atoms with Crippen molar-refractivity contribution in [2.75, 3.05) is 12.0 Å². The number of hydrogen-bond acceptors (Lipinski definition) is 4. The fourth-order valence-corrected chi connectivity index (χ4v) is 2.32. The predicted molar refractivity (Wildman–Crippen MR) is 78.0 cm³/mol. The van der Waals surface area contributed by atoms with E-state index in [9.17, 15) is 8.42 Å². The number of rotatable bonds is 5. The van der Waals surface area contributed by atoms with E-state index in [4.69, 9.17) is 0 Å². The molecule has 1 N–H and O–H groups in total. The Morgan fingerprint density at radius 3 is 2.32 bits per heavy atom. The maximum Gasteiger partial charge on any atom is 0.149 e. The molecule has 0 saturated carbocycles. The molecule has 0 saturated heterocycles. The van der Waals surface area contributed by atoms with Crippen LogP contribution in [-0.2, 0) is 22.9 Å². The number of hydrogen-bond donors (Lipinski definition) is 1. The van der Waals surface area contributed by atoms with Gasteiger partial charge in [0.05, 0.1) is 18.0 Å². The molecule has 0 aliphatic heterocycles. The molecule has 110 valence electrons. The maximum absolute atomic E-state index is 11.2. The van der Waals surface area contributed by atoms with E-state index in [1.54, 1.807) is 4.68 Å². The monoisotopic (exact) mass is 287 g/mol. The summed E-state index contributed by atoms with van der Waals surface area (Å²) in [4.78, 5) is 0. The second kappa shape index (κ2) is 5.63. The Labute approximate surface area is 116 Å². The SMILES string of the molecule is Cc1nn(CCS(C)(=O)=O)c(C)c1CNC(C)(C)C. The Morgan fingerprint density at radius 2 is 1.84 bits per heavy atom. The van der Waals surface area contributed by atoms with Crippen molar-refractivity contribution in [1.29, 1.82) is 0 Å². The van der Waals surface area contributed by atoms with E-state index < -0.39 is 9.84 Å². The maximum atomic E-state index is 11.2. The van der Waals surface area contributed by atoms with Crippen LogP contribution in [0.15, 0.2) is 0 Å². The number of aromatic nitrogens is 2. The van der Waals surface area contributed by atoms with E-state index in [0.717, 1.165) is 23.5 Å². The van der Waals surface area contributed by atoms with E-state index in [1.807, 2.05) is 13.8 Å². The van der Waals surface area contributed by atoms with E-state index >= 15 is 0 Å². The fraction of sp³-hybridized carbons (Fsp3) is 0.769. The van der Waals surface area contributed by atoms with E-state index in [-0.39, 0.29) is 11.3 Å². The summed E-state index contributed by atoms with van der Waals surface area (Å²) < 4.78 is 24.2. The molecule has 0 atom stereocenters. The first kappa shape index (κ1) is 16.2. The topological polar surface area (TPSA) is 64.0 Å². The van der Waals surface area contributed by atoms with Gasteiger partial charge in [0.25, 0.3) is 0 Å². The number of sulfone groups is 1. The average Bonchev–Trinajstić information content (AvgIpc) is 2.46. The van der Waals surface area contributed by atoms with Crippen LogP contribution in [0.25, 0.3) is 0 Å². The molecule has 1 heterocycles. The van der Waals surface area contributed by atoms with Crippen LogP contribution >= 0.6 is 0 Å². The largest absolute Gasteiger partial charge is 0.308 e. The zero-order valence-electron chi connectivity index (χ0n) is 12.7. The molecular weight excluding hydrogens is 262 g/mol. The summed E-state index contributed by atoms with van der Waals surface area (Å²) in [5.41, 5.74) is 3.21. The van der Waals surface area contributed by atoms with Gasteiger partial charge in [0.15, 0.2) is 0 Å². The zero-order chi connectivity index (χ0) is 14.8. The molecular formula is C13H25N3O2S. The summed E-state index contributed by atoms with van der Waals surface area (Å²) in [6.07, 6.45) is 1.25. The Bertz CT molecular complexity index is 539. The smallest absolute Gasteiger partial charge is 0.149 e. The van der Waals surface area contributed by atoms with Crippen molar-refractivity contribution >= 4 is 9.84 Å². The summed E-state index contributed by atoms with van der Waals surface area (Å²) in [7, 11) is -2.95. The molecule has 0 spiro atoms. The molecule has 0 amide bonds. The molecule has 6 heteroatoms. The van der Waals surface area contributed by atoms with Gasteiger partial charge in [0, 0.05) is 29.6 Å². The van der Waals surface area contributed by atoms with Crippen LogP contribution in [0.4, 0.5) is 0 Å². The third-order valence-electron chi connectivity index (χ3n) is 3.00. The van der Waals surface area contributed by atoms with Crippen molar-refractivity contribution in [3.05, 3.63) is 17.0 Å². The van der Waals surface area contributed by atoms with Gasteiger partial charge < -0.3 is 5.32 Å². The minimum atomic E-state index is -2.95. The second-order valence-electron chi connectivity index (χ2n) is 6.11. The van der Waals surface area contributed by atoms with E-state index in [0.29, 0.717) is 6.54 Å². The molecule has 5 nitrogen and oxygen atoms in total. The van der Waals surface area contributed by atoms with E-state index in [1.165, 1.54) is 6.26 Å². The van der Waals surface area contributed by atoms with Crippen LogP contribution in [0.2, 0.25) is 0 Å². The van der Waals surface area contributed by atoms with Crippen LogP contribution in [-0.4, -0.2) is 35.7 Å². The van der Waals surface area contributed by atoms with E-state index in [2.05, 4.69) is 31.2 Å². The van der Waals surface area contributed by atoms with Gasteiger partial charge >= 0.3 is 0 Å². The first-order valence-corrected chi connectivity index (χ1v) is 8.51. The molecule has 19 heavy (non-hydrogen) atoms. The fourth-order valence-electron chi connectivity index (χ4n) is 1.81. The molecule has 0 aromatic carbocycles. The van der Waals surface area contributed by atoms with Crippen LogP contribution in [0, 0.1) is 13.8 Å². The average molecular weight is 287 g/mol. The van der Waals surface area contributed by atoms with Crippen LogP contribution in [0.3, 0.4) is 0 Å². The Hall–Kier alpha value is -0.880. The van der Waals surface area contributed by atoms with Gasteiger partial charge in [-0.05, 0) is 34.6 Å². The minimum Gasteiger partial charge on any atom is -0.308 e. The summed E-state index contributed by atoms with van der Waals surface area (Å²) in [6.45, 7) is 11.5. The summed E-state index contributed by atoms with van der Waals surface area (Å²) in [5.74, 6) is 0.126. The van der Waals surface area contributed by atoms with Crippen molar-refractivity contribution < 1.29 is 8.42 Å². The second-order valence-corrected chi connectivity index (χ2v) is 8.37. The first-order valence-electron chi connectivity index (χ1n) is 6.45. The van der Waals surface area contributed by atoms with Crippen molar-refractivity contribution in [3.63, 3.8) is 0 Å². The molecule has 0 aliphatic rings. The van der Waals surface area contributed by atoms with Gasteiger partial charge in [-0.1, -0.05) is 0 Å². The van der Waals surface area contributed by atoms with Crippen LogP contribution in [0.5, 0.6) is 0 Å². The molecule has 0 radical (unpaired) electrons. The lowest BCUT2D eigenvalue weighted by Crippen LogP contribution is -2.35. The highest BCUT2D eigenvalue weighted by Crippen LogP contribution is 2.14. The zero-order valence-corrected chi connectivity index (χ0v) is 13.6. The van der Waals surface area contributed by atoms with Crippen molar-refractivity contribution in [1.82, 2.24) is 15.1 Å². The lowest BCUT2D eigenvalue weighted by Gasteiger charge is -2.20. The summed E-state index contributed by atoms with van der Waals surface area (Å²) in [5, 5.41) is 7.86. The molecule has 0 fully saturated rings. The Kier molecular flexibility index (Phi) is 4.79. The van der Waals surface area contributed by atoms with Gasteiger partial charge in [-0.2, -0.15) is 5.10 Å². The standard InChI is InChI=1S/C13H25N3O2S/c1-10-12(9-14-13(3,4)5)11(2)16(15-10)7-8-19(6,17)18/h14H,7-9H2,1-6H3. The lowest BCUT2D eigenvalue weighted by molar-refractivity contribution is 0.423. The third-order valence-corrected chi connectivity index (χ3v) is 3.92. The van der Waals surface area contributed by atoms with Crippen molar-refractivity contribution in [2.24, 2.45) is 0 Å². The highest BCUT2D eigenvalue weighted by atomic mass is 32.2.